The van der Waals surface area contributed by atoms with Gasteiger partial charge in [-0.15, -0.1) is 0 Å². The van der Waals surface area contributed by atoms with E-state index in [9.17, 15) is 0 Å². The van der Waals surface area contributed by atoms with Crippen LogP contribution < -0.4 is 15.4 Å². The van der Waals surface area contributed by atoms with E-state index in [4.69, 9.17) is 10.5 Å². The van der Waals surface area contributed by atoms with Crippen LogP contribution in [0.25, 0.3) is 0 Å². The van der Waals surface area contributed by atoms with Gasteiger partial charge in [0.2, 0.25) is 0 Å². The number of benzene rings is 1. The quantitative estimate of drug-likeness (QED) is 0.884. The topological polar surface area (TPSA) is 38.5 Å². The highest BCUT2D eigenvalue weighted by molar-refractivity contribution is 5.56. The van der Waals surface area contributed by atoms with Crippen molar-refractivity contribution in [2.24, 2.45) is 11.7 Å². The largest absolute Gasteiger partial charge is 0.497 e. The van der Waals surface area contributed by atoms with E-state index in [2.05, 4.69) is 35.4 Å². The predicted molar refractivity (Wildman–Crippen MR) is 73.6 cm³/mol. The minimum atomic E-state index is 0.353. The molecule has 94 valence electrons. The first kappa shape index (κ1) is 11.4. The Morgan fingerprint density at radius 3 is 2.94 bits per heavy atom. The fourth-order valence-electron chi connectivity index (χ4n) is 2.36. The lowest BCUT2D eigenvalue weighted by Gasteiger charge is -2.24. The van der Waals surface area contributed by atoms with E-state index < -0.39 is 0 Å². The molecule has 1 saturated carbocycles. The Morgan fingerprint density at radius 2 is 2.22 bits per heavy atom. The molecule has 1 heterocycles. The van der Waals surface area contributed by atoms with Crippen LogP contribution in [0.2, 0.25) is 0 Å². The maximum atomic E-state index is 5.91. The average Bonchev–Trinajstić information content (AvgIpc) is 3.16. The van der Waals surface area contributed by atoms with Crippen molar-refractivity contribution < 1.29 is 4.74 Å². The number of hydrogen-bond acceptors (Lipinski definition) is 3. The van der Waals surface area contributed by atoms with Gasteiger partial charge in [0, 0.05) is 36.5 Å². The zero-order chi connectivity index (χ0) is 12.5. The molecule has 0 spiro atoms. The number of hydrogen-bond donors (Lipinski definition) is 1. The zero-order valence-electron chi connectivity index (χ0n) is 10.5. The maximum Gasteiger partial charge on any atom is 0.120 e. The van der Waals surface area contributed by atoms with Gasteiger partial charge in [0.05, 0.1) is 7.11 Å². The van der Waals surface area contributed by atoms with Crippen LogP contribution >= 0.6 is 0 Å². The van der Waals surface area contributed by atoms with E-state index in [1.165, 1.54) is 5.57 Å². The summed E-state index contributed by atoms with van der Waals surface area (Å²) in [6, 6.07) is 8.49. The van der Waals surface area contributed by atoms with Gasteiger partial charge in [-0.1, -0.05) is 18.2 Å². The Balaban J connectivity index is 1.83. The van der Waals surface area contributed by atoms with Crippen molar-refractivity contribution in [3.63, 3.8) is 0 Å². The number of nitrogens with two attached hydrogens (primary N) is 1. The van der Waals surface area contributed by atoms with E-state index >= 15 is 0 Å². The first-order valence-corrected chi connectivity index (χ1v) is 6.32. The molecule has 3 nitrogen and oxygen atoms in total. The standard InChI is InChI=1S/C15H18N2O/c1-18-13-6-2-5-12(8-13)17-7-3-4-11(10-17)14-9-15(14)16/h2-6,8,10,14-15H,7,9,16H2,1H3/t14-,15+/m0/s1. The molecule has 1 aliphatic carbocycles. The molecule has 1 aromatic rings. The molecule has 3 rings (SSSR count). The minimum absolute atomic E-state index is 0.353. The van der Waals surface area contributed by atoms with Gasteiger partial charge in [-0.05, 0) is 24.1 Å². The second-order valence-electron chi connectivity index (χ2n) is 4.89. The molecule has 0 aromatic heterocycles. The number of ether oxygens (including phenoxy) is 1. The average molecular weight is 242 g/mol. The molecule has 0 bridgehead atoms. The highest BCUT2D eigenvalue weighted by Crippen LogP contribution is 2.37. The SMILES string of the molecule is COc1cccc(N2C=C([C@@H]3C[C@H]3N)C=CC2)c1. The first-order valence-electron chi connectivity index (χ1n) is 6.32. The van der Waals surface area contributed by atoms with E-state index in [-0.39, 0.29) is 0 Å². The Hall–Kier alpha value is -1.74. The van der Waals surface area contributed by atoms with Gasteiger partial charge in [-0.2, -0.15) is 0 Å². The van der Waals surface area contributed by atoms with Crippen molar-refractivity contribution in [3.05, 3.63) is 48.2 Å². The van der Waals surface area contributed by atoms with E-state index in [1.807, 2.05) is 12.1 Å². The van der Waals surface area contributed by atoms with Crippen molar-refractivity contribution >= 4 is 5.69 Å². The second kappa shape index (κ2) is 4.50. The van der Waals surface area contributed by atoms with Crippen LogP contribution in [0, 0.1) is 5.92 Å². The molecular weight excluding hydrogens is 224 g/mol. The van der Waals surface area contributed by atoms with E-state index in [1.54, 1.807) is 7.11 Å². The third-order valence-electron chi connectivity index (χ3n) is 3.57. The molecule has 0 amide bonds. The summed E-state index contributed by atoms with van der Waals surface area (Å²) in [6.45, 7) is 0.901. The summed E-state index contributed by atoms with van der Waals surface area (Å²) in [7, 11) is 1.69. The number of allylic oxidation sites excluding steroid dienone is 1. The van der Waals surface area contributed by atoms with Crippen molar-refractivity contribution in [2.75, 3.05) is 18.6 Å². The van der Waals surface area contributed by atoms with Gasteiger partial charge in [0.25, 0.3) is 0 Å². The maximum absolute atomic E-state index is 5.91. The molecule has 3 heteroatoms. The fraction of sp³-hybridized carbons (Fsp3) is 0.333. The Bertz CT molecular complexity index is 507. The van der Waals surface area contributed by atoms with Crippen LogP contribution in [0.4, 0.5) is 5.69 Å². The minimum Gasteiger partial charge on any atom is -0.497 e. The van der Waals surface area contributed by atoms with Crippen LogP contribution in [0.5, 0.6) is 5.75 Å². The highest BCUT2D eigenvalue weighted by atomic mass is 16.5. The van der Waals surface area contributed by atoms with Crippen molar-refractivity contribution in [3.8, 4) is 5.75 Å². The molecule has 0 saturated heterocycles. The van der Waals surface area contributed by atoms with Gasteiger partial charge >= 0.3 is 0 Å². The van der Waals surface area contributed by atoms with Gasteiger partial charge in [0.15, 0.2) is 0 Å². The zero-order valence-corrected chi connectivity index (χ0v) is 10.5. The van der Waals surface area contributed by atoms with Gasteiger partial charge in [-0.3, -0.25) is 0 Å². The highest BCUT2D eigenvalue weighted by Gasteiger charge is 2.36. The lowest BCUT2D eigenvalue weighted by atomic mass is 10.1. The fourth-order valence-corrected chi connectivity index (χ4v) is 2.36. The van der Waals surface area contributed by atoms with Gasteiger partial charge in [-0.25, -0.2) is 0 Å². The first-order chi connectivity index (χ1) is 8.78. The predicted octanol–water partition coefficient (Wildman–Crippen LogP) is 2.30. The lowest BCUT2D eigenvalue weighted by Crippen LogP contribution is -2.20. The third-order valence-corrected chi connectivity index (χ3v) is 3.57. The van der Waals surface area contributed by atoms with Gasteiger partial charge < -0.3 is 15.4 Å². The van der Waals surface area contributed by atoms with Crippen molar-refractivity contribution in [2.45, 2.75) is 12.5 Å². The molecule has 1 aromatic carbocycles. The van der Waals surface area contributed by atoms with Crippen LogP contribution in [-0.2, 0) is 0 Å². The molecule has 2 atom stereocenters. The molecule has 2 N–H and O–H groups in total. The molecule has 0 radical (unpaired) electrons. The lowest BCUT2D eigenvalue weighted by molar-refractivity contribution is 0.415. The molecule has 1 aliphatic heterocycles. The van der Waals surface area contributed by atoms with Crippen molar-refractivity contribution in [1.82, 2.24) is 0 Å². The summed E-state index contributed by atoms with van der Waals surface area (Å²) in [5, 5.41) is 0. The van der Waals surface area contributed by atoms with Crippen LogP contribution in [0.15, 0.2) is 48.2 Å². The van der Waals surface area contributed by atoms with E-state index in [0.29, 0.717) is 12.0 Å². The summed E-state index contributed by atoms with van der Waals surface area (Å²) in [5.41, 5.74) is 8.42. The molecule has 2 aliphatic rings. The summed E-state index contributed by atoms with van der Waals surface area (Å²) < 4.78 is 5.26. The normalized spacial score (nSPS) is 25.9. The Morgan fingerprint density at radius 1 is 1.39 bits per heavy atom. The molecule has 18 heavy (non-hydrogen) atoms. The number of anilines is 1. The smallest absolute Gasteiger partial charge is 0.120 e. The van der Waals surface area contributed by atoms with E-state index in [0.717, 1.165) is 24.4 Å². The monoisotopic (exact) mass is 242 g/mol. The van der Waals surface area contributed by atoms with Gasteiger partial charge in [0.1, 0.15) is 5.75 Å². The number of methoxy groups -OCH3 is 1. The second-order valence-corrected chi connectivity index (χ2v) is 4.89. The number of nitrogens with zero attached hydrogens (tertiary/aromatic N) is 1. The summed E-state index contributed by atoms with van der Waals surface area (Å²) >= 11 is 0. The molecule has 1 fully saturated rings. The Labute approximate surface area is 108 Å². The molecule has 0 unspecified atom stereocenters. The Kier molecular flexibility index (Phi) is 2.84. The summed E-state index contributed by atoms with van der Waals surface area (Å²) in [4.78, 5) is 2.24. The van der Waals surface area contributed by atoms with Crippen molar-refractivity contribution in [1.29, 1.82) is 0 Å². The number of rotatable bonds is 3. The summed E-state index contributed by atoms with van der Waals surface area (Å²) in [5.74, 6) is 1.44. The molecular formula is C15H18N2O. The van der Waals surface area contributed by atoms with Crippen LogP contribution in [0.3, 0.4) is 0 Å². The third kappa shape index (κ3) is 2.14. The van der Waals surface area contributed by atoms with Crippen LogP contribution in [-0.4, -0.2) is 19.7 Å². The summed E-state index contributed by atoms with van der Waals surface area (Å²) in [6.07, 6.45) is 7.72. The van der Waals surface area contributed by atoms with Crippen LogP contribution in [0.1, 0.15) is 6.42 Å².